The second-order valence-corrected chi connectivity index (χ2v) is 3.90. The first-order valence-electron chi connectivity index (χ1n) is 4.75. The highest BCUT2D eigenvalue weighted by Crippen LogP contribution is 2.17. The SMILES string of the molecule is Cc1ccc2[nH]cc(CN(C)C)c2n1. The third-order valence-corrected chi connectivity index (χ3v) is 2.23. The predicted octanol–water partition coefficient (Wildman–Crippen LogP) is 1.93. The van der Waals surface area contributed by atoms with E-state index in [4.69, 9.17) is 0 Å². The van der Waals surface area contributed by atoms with Crippen LogP contribution in [0.1, 0.15) is 11.3 Å². The highest BCUT2D eigenvalue weighted by molar-refractivity contribution is 5.78. The number of aromatic nitrogens is 2. The lowest BCUT2D eigenvalue weighted by molar-refractivity contribution is 0.404. The molecule has 0 unspecified atom stereocenters. The van der Waals surface area contributed by atoms with Crippen molar-refractivity contribution in [2.24, 2.45) is 0 Å². The van der Waals surface area contributed by atoms with E-state index in [1.54, 1.807) is 0 Å². The molecule has 2 aromatic heterocycles. The maximum absolute atomic E-state index is 4.53. The van der Waals surface area contributed by atoms with Gasteiger partial charge < -0.3 is 9.88 Å². The van der Waals surface area contributed by atoms with E-state index >= 15 is 0 Å². The Morgan fingerprint density at radius 1 is 1.36 bits per heavy atom. The predicted molar refractivity (Wildman–Crippen MR) is 58.2 cm³/mol. The molecule has 0 radical (unpaired) electrons. The number of fused-ring (bicyclic) bond motifs is 1. The van der Waals surface area contributed by atoms with Gasteiger partial charge in [-0.25, -0.2) is 0 Å². The highest BCUT2D eigenvalue weighted by Gasteiger charge is 2.05. The molecule has 2 rings (SSSR count). The van der Waals surface area contributed by atoms with E-state index in [9.17, 15) is 0 Å². The van der Waals surface area contributed by atoms with Gasteiger partial charge in [-0.1, -0.05) is 0 Å². The Hall–Kier alpha value is -1.35. The number of aryl methyl sites for hydroxylation is 1. The number of pyridine rings is 1. The average Bonchev–Trinajstić information content (AvgIpc) is 2.47. The quantitative estimate of drug-likeness (QED) is 0.782. The first-order valence-corrected chi connectivity index (χ1v) is 4.75. The van der Waals surface area contributed by atoms with Gasteiger partial charge in [-0.15, -0.1) is 0 Å². The Kier molecular flexibility index (Phi) is 2.25. The molecule has 1 N–H and O–H groups in total. The summed E-state index contributed by atoms with van der Waals surface area (Å²) >= 11 is 0. The molecule has 0 spiro atoms. The third-order valence-electron chi connectivity index (χ3n) is 2.23. The van der Waals surface area contributed by atoms with Gasteiger partial charge in [0.15, 0.2) is 0 Å². The minimum absolute atomic E-state index is 0.927. The van der Waals surface area contributed by atoms with Crippen LogP contribution in [0.15, 0.2) is 18.3 Å². The number of nitrogens with zero attached hydrogens (tertiary/aromatic N) is 2. The van der Waals surface area contributed by atoms with E-state index in [1.807, 2.05) is 19.2 Å². The van der Waals surface area contributed by atoms with Crippen molar-refractivity contribution in [3.05, 3.63) is 29.6 Å². The molecule has 3 heteroatoms. The fraction of sp³-hybridized carbons (Fsp3) is 0.364. The second kappa shape index (κ2) is 3.42. The van der Waals surface area contributed by atoms with E-state index in [1.165, 1.54) is 5.56 Å². The van der Waals surface area contributed by atoms with Crippen LogP contribution >= 0.6 is 0 Å². The lowest BCUT2D eigenvalue weighted by atomic mass is 10.2. The summed E-state index contributed by atoms with van der Waals surface area (Å²) in [4.78, 5) is 9.91. The summed E-state index contributed by atoms with van der Waals surface area (Å²) < 4.78 is 0. The van der Waals surface area contributed by atoms with Crippen molar-refractivity contribution in [1.29, 1.82) is 0 Å². The normalized spacial score (nSPS) is 11.4. The largest absolute Gasteiger partial charge is 0.360 e. The Morgan fingerprint density at radius 2 is 2.14 bits per heavy atom. The van der Waals surface area contributed by atoms with Gasteiger partial charge >= 0.3 is 0 Å². The number of rotatable bonds is 2. The molecule has 0 aromatic carbocycles. The van der Waals surface area contributed by atoms with Crippen LogP contribution in [-0.4, -0.2) is 29.0 Å². The van der Waals surface area contributed by atoms with Crippen LogP contribution in [-0.2, 0) is 6.54 Å². The standard InChI is InChI=1S/C11H15N3/c1-8-4-5-10-11(13-8)9(6-12-10)7-14(2)3/h4-6,12H,7H2,1-3H3. The molecule has 74 valence electrons. The number of hydrogen-bond acceptors (Lipinski definition) is 2. The van der Waals surface area contributed by atoms with Crippen LogP contribution in [0.4, 0.5) is 0 Å². The van der Waals surface area contributed by atoms with Crippen LogP contribution in [0.3, 0.4) is 0 Å². The van der Waals surface area contributed by atoms with Crippen molar-refractivity contribution in [3.8, 4) is 0 Å². The fourth-order valence-electron chi connectivity index (χ4n) is 1.61. The molecular formula is C11H15N3. The van der Waals surface area contributed by atoms with Crippen LogP contribution in [0.5, 0.6) is 0 Å². The van der Waals surface area contributed by atoms with Gasteiger partial charge in [-0.05, 0) is 33.2 Å². The van der Waals surface area contributed by atoms with Gasteiger partial charge in [-0.2, -0.15) is 0 Å². The monoisotopic (exact) mass is 189 g/mol. The van der Waals surface area contributed by atoms with E-state index in [0.717, 1.165) is 23.3 Å². The summed E-state index contributed by atoms with van der Waals surface area (Å²) in [6.45, 7) is 2.95. The molecule has 0 saturated heterocycles. The zero-order chi connectivity index (χ0) is 10.1. The van der Waals surface area contributed by atoms with Gasteiger partial charge in [0.2, 0.25) is 0 Å². The Balaban J connectivity index is 2.50. The molecule has 2 heterocycles. The van der Waals surface area contributed by atoms with E-state index < -0.39 is 0 Å². The molecule has 0 bridgehead atoms. The third kappa shape index (κ3) is 1.63. The fourth-order valence-corrected chi connectivity index (χ4v) is 1.61. The van der Waals surface area contributed by atoms with Crippen LogP contribution < -0.4 is 0 Å². The van der Waals surface area contributed by atoms with Gasteiger partial charge in [0.25, 0.3) is 0 Å². The van der Waals surface area contributed by atoms with Gasteiger partial charge in [-0.3, -0.25) is 4.98 Å². The number of hydrogen-bond donors (Lipinski definition) is 1. The summed E-state index contributed by atoms with van der Waals surface area (Å²) in [5.41, 5.74) is 4.54. The Morgan fingerprint density at radius 3 is 2.86 bits per heavy atom. The molecular weight excluding hydrogens is 174 g/mol. The molecule has 0 saturated carbocycles. The maximum Gasteiger partial charge on any atom is 0.0926 e. The summed E-state index contributed by atoms with van der Waals surface area (Å²) in [6, 6.07) is 4.11. The minimum Gasteiger partial charge on any atom is -0.360 e. The van der Waals surface area contributed by atoms with Crippen molar-refractivity contribution >= 4 is 11.0 Å². The Bertz CT molecular complexity index is 443. The summed E-state index contributed by atoms with van der Waals surface area (Å²) in [6.07, 6.45) is 2.04. The minimum atomic E-state index is 0.927. The molecule has 0 aliphatic rings. The molecule has 0 aliphatic heterocycles. The zero-order valence-corrected chi connectivity index (χ0v) is 8.83. The topological polar surface area (TPSA) is 31.9 Å². The number of H-pyrrole nitrogens is 1. The van der Waals surface area contributed by atoms with Gasteiger partial charge in [0.1, 0.15) is 0 Å². The molecule has 14 heavy (non-hydrogen) atoms. The number of nitrogens with one attached hydrogen (secondary N) is 1. The van der Waals surface area contributed by atoms with E-state index in [2.05, 4.69) is 35.0 Å². The Labute approximate surface area is 83.8 Å². The maximum atomic E-state index is 4.53. The van der Waals surface area contributed by atoms with Crippen LogP contribution in [0.2, 0.25) is 0 Å². The summed E-state index contributed by atoms with van der Waals surface area (Å²) in [5, 5.41) is 0. The van der Waals surface area contributed by atoms with E-state index in [-0.39, 0.29) is 0 Å². The van der Waals surface area contributed by atoms with E-state index in [0.29, 0.717) is 0 Å². The molecule has 0 atom stereocenters. The molecule has 3 nitrogen and oxygen atoms in total. The smallest absolute Gasteiger partial charge is 0.0926 e. The van der Waals surface area contributed by atoms with Crippen molar-refractivity contribution in [2.75, 3.05) is 14.1 Å². The first-order chi connectivity index (χ1) is 6.66. The second-order valence-electron chi connectivity index (χ2n) is 3.90. The lowest BCUT2D eigenvalue weighted by Crippen LogP contribution is -2.10. The van der Waals surface area contributed by atoms with Crippen LogP contribution in [0.25, 0.3) is 11.0 Å². The molecule has 0 aliphatic carbocycles. The van der Waals surface area contributed by atoms with Crippen molar-refractivity contribution in [3.63, 3.8) is 0 Å². The zero-order valence-electron chi connectivity index (χ0n) is 8.83. The van der Waals surface area contributed by atoms with Crippen molar-refractivity contribution in [1.82, 2.24) is 14.9 Å². The van der Waals surface area contributed by atoms with Crippen molar-refractivity contribution in [2.45, 2.75) is 13.5 Å². The first kappa shape index (κ1) is 9.21. The summed E-state index contributed by atoms with van der Waals surface area (Å²) in [7, 11) is 4.13. The van der Waals surface area contributed by atoms with Crippen LogP contribution in [0, 0.1) is 6.92 Å². The molecule has 0 fully saturated rings. The lowest BCUT2D eigenvalue weighted by Gasteiger charge is -2.07. The highest BCUT2D eigenvalue weighted by atomic mass is 15.1. The molecule has 2 aromatic rings. The molecule has 0 amide bonds. The van der Waals surface area contributed by atoms with Crippen molar-refractivity contribution < 1.29 is 0 Å². The average molecular weight is 189 g/mol. The van der Waals surface area contributed by atoms with Gasteiger partial charge in [0.05, 0.1) is 11.0 Å². The summed E-state index contributed by atoms with van der Waals surface area (Å²) in [5.74, 6) is 0. The number of aromatic amines is 1. The van der Waals surface area contributed by atoms with Gasteiger partial charge in [0, 0.05) is 24.0 Å².